The molecule has 5 heteroatoms. The lowest BCUT2D eigenvalue weighted by molar-refractivity contribution is -0.384. The van der Waals surface area contributed by atoms with E-state index in [1.165, 1.54) is 12.1 Å². The highest BCUT2D eigenvalue weighted by Crippen LogP contribution is 2.29. The van der Waals surface area contributed by atoms with Gasteiger partial charge in [0.05, 0.1) is 9.96 Å². The number of nitro groups is 1. The number of benzene rings is 1. The van der Waals surface area contributed by atoms with Crippen molar-refractivity contribution in [3.05, 3.63) is 57.1 Å². The molecule has 0 aliphatic rings. The Labute approximate surface area is 107 Å². The van der Waals surface area contributed by atoms with Crippen LogP contribution in [0.4, 0.5) is 5.69 Å². The van der Waals surface area contributed by atoms with Gasteiger partial charge < -0.3 is 0 Å². The van der Waals surface area contributed by atoms with Crippen LogP contribution in [-0.2, 0) is 0 Å². The van der Waals surface area contributed by atoms with Gasteiger partial charge in [-0.05, 0) is 24.1 Å². The van der Waals surface area contributed by atoms with E-state index in [-0.39, 0.29) is 5.69 Å². The fraction of sp³-hybridized carbons (Fsp3) is 0.0909. The summed E-state index contributed by atoms with van der Waals surface area (Å²) in [6, 6.07) is 6.08. The Morgan fingerprint density at radius 1 is 1.50 bits per heavy atom. The summed E-state index contributed by atoms with van der Waals surface area (Å²) in [5.41, 5.74) is 0.786. The van der Waals surface area contributed by atoms with Crippen LogP contribution in [0.3, 0.4) is 0 Å². The molecule has 0 saturated carbocycles. The number of hydrogen-bond donors (Lipinski definition) is 0. The van der Waals surface area contributed by atoms with Crippen molar-refractivity contribution >= 4 is 38.3 Å². The molecule has 1 rings (SSSR count). The zero-order chi connectivity index (χ0) is 12.1. The predicted octanol–water partition coefficient (Wildman–Crippen LogP) is 4.47. The Morgan fingerprint density at radius 2 is 2.06 bits per heavy atom. The molecule has 0 atom stereocenters. The van der Waals surface area contributed by atoms with Crippen molar-refractivity contribution in [1.29, 1.82) is 0 Å². The first-order valence-corrected chi connectivity index (χ1v) is 5.63. The molecule has 16 heavy (non-hydrogen) atoms. The molecule has 0 aliphatic heterocycles. The van der Waals surface area contributed by atoms with Crippen molar-refractivity contribution < 1.29 is 4.92 Å². The van der Waals surface area contributed by atoms with Crippen molar-refractivity contribution in [2.75, 3.05) is 0 Å². The number of halogens is 2. The van der Waals surface area contributed by atoms with Crippen molar-refractivity contribution in [1.82, 2.24) is 0 Å². The second kappa shape index (κ2) is 5.82. The average molecular weight is 303 g/mol. The number of allylic oxidation sites excluding steroid dienone is 2. The SMILES string of the molecule is C=CC/C(Br)=C(/Cl)c1ccc([N+](=O)[O-])cc1. The van der Waals surface area contributed by atoms with Crippen LogP contribution in [-0.4, -0.2) is 4.92 Å². The van der Waals surface area contributed by atoms with Crippen molar-refractivity contribution in [2.45, 2.75) is 6.42 Å². The molecule has 0 N–H and O–H groups in total. The Bertz CT molecular complexity index is 440. The minimum Gasteiger partial charge on any atom is -0.258 e. The van der Waals surface area contributed by atoms with E-state index in [0.29, 0.717) is 11.5 Å². The van der Waals surface area contributed by atoms with E-state index in [1.807, 2.05) is 0 Å². The number of nitro benzene ring substituents is 1. The zero-order valence-corrected chi connectivity index (χ0v) is 10.7. The predicted molar refractivity (Wildman–Crippen MR) is 69.6 cm³/mol. The fourth-order valence-corrected chi connectivity index (χ4v) is 1.76. The number of rotatable bonds is 4. The van der Waals surface area contributed by atoms with Crippen molar-refractivity contribution in [3.63, 3.8) is 0 Å². The van der Waals surface area contributed by atoms with E-state index in [9.17, 15) is 10.1 Å². The summed E-state index contributed by atoms with van der Waals surface area (Å²) in [6.45, 7) is 3.60. The second-order valence-electron chi connectivity index (χ2n) is 3.02. The number of hydrogen-bond acceptors (Lipinski definition) is 2. The Kier molecular flexibility index (Phi) is 4.71. The summed E-state index contributed by atoms with van der Waals surface area (Å²) in [4.78, 5) is 10.0. The van der Waals surface area contributed by atoms with E-state index >= 15 is 0 Å². The monoisotopic (exact) mass is 301 g/mol. The topological polar surface area (TPSA) is 43.1 Å². The standard InChI is InChI=1S/C11H9BrClNO2/c1-2-3-10(12)11(13)8-4-6-9(7-5-8)14(15)16/h2,4-7H,1,3H2/b11-10-. The van der Waals surface area contributed by atoms with Gasteiger partial charge in [-0.15, -0.1) is 6.58 Å². The zero-order valence-electron chi connectivity index (χ0n) is 8.32. The molecule has 3 nitrogen and oxygen atoms in total. The first kappa shape index (κ1) is 12.9. The largest absolute Gasteiger partial charge is 0.269 e. The van der Waals surface area contributed by atoms with Gasteiger partial charge in [0.25, 0.3) is 5.69 Å². The summed E-state index contributed by atoms with van der Waals surface area (Å²) >= 11 is 9.41. The summed E-state index contributed by atoms with van der Waals surface area (Å²) in [7, 11) is 0. The maximum absolute atomic E-state index is 10.5. The van der Waals surface area contributed by atoms with Gasteiger partial charge >= 0.3 is 0 Å². The molecule has 0 amide bonds. The third-order valence-electron chi connectivity index (χ3n) is 1.89. The van der Waals surface area contributed by atoms with Crippen LogP contribution in [0.2, 0.25) is 0 Å². The summed E-state index contributed by atoms with van der Waals surface area (Å²) in [5.74, 6) is 0. The molecular formula is C11H9BrClNO2. The molecule has 0 saturated heterocycles. The molecule has 1 aromatic carbocycles. The summed E-state index contributed by atoms with van der Waals surface area (Å²) in [5, 5.41) is 11.0. The molecule has 0 spiro atoms. The summed E-state index contributed by atoms with van der Waals surface area (Å²) < 4.78 is 0.804. The first-order valence-electron chi connectivity index (χ1n) is 4.46. The van der Waals surface area contributed by atoms with Crippen LogP contribution in [0.25, 0.3) is 5.03 Å². The Morgan fingerprint density at radius 3 is 2.50 bits per heavy atom. The van der Waals surface area contributed by atoms with Gasteiger partial charge in [-0.1, -0.05) is 33.6 Å². The van der Waals surface area contributed by atoms with E-state index in [2.05, 4.69) is 22.5 Å². The van der Waals surface area contributed by atoms with E-state index in [0.717, 1.165) is 10.0 Å². The molecular weight excluding hydrogens is 293 g/mol. The van der Waals surface area contributed by atoms with E-state index in [4.69, 9.17) is 11.6 Å². The molecule has 0 bridgehead atoms. The normalized spacial score (nSPS) is 11.9. The lowest BCUT2D eigenvalue weighted by Gasteiger charge is -2.02. The highest BCUT2D eigenvalue weighted by Gasteiger charge is 2.07. The molecule has 0 radical (unpaired) electrons. The lowest BCUT2D eigenvalue weighted by Crippen LogP contribution is -1.88. The third kappa shape index (κ3) is 3.18. The van der Waals surface area contributed by atoms with Crippen molar-refractivity contribution in [2.24, 2.45) is 0 Å². The average Bonchev–Trinajstić information content (AvgIpc) is 2.28. The van der Waals surface area contributed by atoms with Gasteiger partial charge in [0.15, 0.2) is 0 Å². The van der Waals surface area contributed by atoms with Gasteiger partial charge in [-0.2, -0.15) is 0 Å². The van der Waals surface area contributed by atoms with Gasteiger partial charge in [0, 0.05) is 16.6 Å². The molecule has 84 valence electrons. The number of nitrogens with zero attached hydrogens (tertiary/aromatic N) is 1. The highest BCUT2D eigenvalue weighted by atomic mass is 79.9. The minimum absolute atomic E-state index is 0.0491. The Balaban J connectivity index is 3.02. The second-order valence-corrected chi connectivity index (χ2v) is 4.35. The maximum Gasteiger partial charge on any atom is 0.269 e. The van der Waals surface area contributed by atoms with Crippen LogP contribution in [0, 0.1) is 10.1 Å². The van der Waals surface area contributed by atoms with Crippen LogP contribution in [0.15, 0.2) is 41.4 Å². The van der Waals surface area contributed by atoms with E-state index < -0.39 is 4.92 Å². The molecule has 0 fully saturated rings. The van der Waals surface area contributed by atoms with Gasteiger partial charge in [-0.3, -0.25) is 10.1 Å². The lowest BCUT2D eigenvalue weighted by atomic mass is 10.2. The first-order chi connectivity index (χ1) is 7.56. The van der Waals surface area contributed by atoms with Crippen LogP contribution in [0.1, 0.15) is 12.0 Å². The quantitative estimate of drug-likeness (QED) is 0.468. The van der Waals surface area contributed by atoms with Crippen LogP contribution in [0.5, 0.6) is 0 Å². The molecule has 0 aromatic heterocycles. The minimum atomic E-state index is -0.444. The summed E-state index contributed by atoms with van der Waals surface area (Å²) in [6.07, 6.45) is 2.34. The molecule has 0 aliphatic carbocycles. The highest BCUT2D eigenvalue weighted by molar-refractivity contribution is 9.11. The van der Waals surface area contributed by atoms with Crippen LogP contribution >= 0.6 is 27.5 Å². The maximum atomic E-state index is 10.5. The van der Waals surface area contributed by atoms with Gasteiger partial charge in [-0.25, -0.2) is 0 Å². The number of non-ortho nitro benzene ring substituents is 1. The third-order valence-corrected chi connectivity index (χ3v) is 3.29. The van der Waals surface area contributed by atoms with Gasteiger partial charge in [0.1, 0.15) is 0 Å². The van der Waals surface area contributed by atoms with E-state index in [1.54, 1.807) is 18.2 Å². The Hall–Kier alpha value is -1.13. The smallest absolute Gasteiger partial charge is 0.258 e. The van der Waals surface area contributed by atoms with Crippen molar-refractivity contribution in [3.8, 4) is 0 Å². The molecule has 0 unspecified atom stereocenters. The molecule has 1 aromatic rings. The fourth-order valence-electron chi connectivity index (χ4n) is 1.10. The van der Waals surface area contributed by atoms with Crippen LogP contribution < -0.4 is 0 Å². The molecule has 0 heterocycles. The van der Waals surface area contributed by atoms with Gasteiger partial charge in [0.2, 0.25) is 0 Å².